The highest BCUT2D eigenvalue weighted by atomic mass is 35.5. The average molecular weight is 401 g/mol. The zero-order chi connectivity index (χ0) is 16.7. The van der Waals surface area contributed by atoms with E-state index in [0.717, 1.165) is 10.7 Å². The van der Waals surface area contributed by atoms with Crippen LogP contribution in [-0.2, 0) is 20.9 Å². The van der Waals surface area contributed by atoms with Gasteiger partial charge in [-0.1, -0.05) is 13.8 Å². The molecule has 140 valence electrons. The van der Waals surface area contributed by atoms with Crippen LogP contribution in [0.25, 0.3) is 0 Å². The van der Waals surface area contributed by atoms with Crippen molar-refractivity contribution in [1.29, 1.82) is 0 Å². The van der Waals surface area contributed by atoms with Crippen LogP contribution in [0.3, 0.4) is 0 Å². The van der Waals surface area contributed by atoms with Gasteiger partial charge in [-0.25, -0.2) is 4.98 Å². The van der Waals surface area contributed by atoms with Crippen LogP contribution in [0.1, 0.15) is 37.6 Å². The fourth-order valence-corrected chi connectivity index (χ4v) is 2.38. The van der Waals surface area contributed by atoms with Gasteiger partial charge in [-0.2, -0.15) is 0 Å². The van der Waals surface area contributed by atoms with E-state index in [1.807, 2.05) is 26.2 Å². The zero-order valence-electron chi connectivity index (χ0n) is 14.2. The molecule has 0 aliphatic carbocycles. The molecule has 1 rings (SSSR count). The van der Waals surface area contributed by atoms with E-state index in [9.17, 15) is 9.59 Å². The van der Waals surface area contributed by atoms with Crippen LogP contribution in [0.5, 0.6) is 0 Å². The summed E-state index contributed by atoms with van der Waals surface area (Å²) in [6.07, 6.45) is -0.0636. The molecule has 10 heteroatoms. The second-order valence-corrected chi connectivity index (χ2v) is 6.21. The predicted molar refractivity (Wildman–Crippen MR) is 99.7 cm³/mol. The molecule has 0 fully saturated rings. The minimum absolute atomic E-state index is 0. The van der Waals surface area contributed by atoms with Gasteiger partial charge in [-0.05, 0) is 12.8 Å². The lowest BCUT2D eigenvalue weighted by Crippen LogP contribution is -2.47. The Morgan fingerprint density at radius 1 is 1.29 bits per heavy atom. The molecule has 4 N–H and O–H groups in total. The molecule has 2 amide bonds. The highest BCUT2D eigenvalue weighted by molar-refractivity contribution is 7.09. The van der Waals surface area contributed by atoms with Crippen molar-refractivity contribution in [3.63, 3.8) is 0 Å². The lowest BCUT2D eigenvalue weighted by atomic mass is 10.1. The standard InChI is InChI=1S/C14H24N4O3S.2ClH/c1-8(2)12(15)13(20)17-6-11(19)16-5-10-7-22-14(18-10)9(3)21-4;;/h7-9,12H,5-6,15H2,1-4H3,(H,16,19)(H,17,20);2*1H/t9?,12-;;/m0../s1. The lowest BCUT2D eigenvalue weighted by molar-refractivity contribution is -0.127. The fourth-order valence-electron chi connectivity index (χ4n) is 1.53. The normalized spacial score (nSPS) is 12.6. The highest BCUT2D eigenvalue weighted by Crippen LogP contribution is 2.20. The molecule has 0 aromatic carbocycles. The van der Waals surface area contributed by atoms with Gasteiger partial charge < -0.3 is 21.1 Å². The van der Waals surface area contributed by atoms with Gasteiger partial charge in [0.25, 0.3) is 0 Å². The molecule has 0 aliphatic heterocycles. The van der Waals surface area contributed by atoms with Crippen LogP contribution in [0.15, 0.2) is 5.38 Å². The molecular formula is C14H26Cl2N4O3S. The van der Waals surface area contributed by atoms with Gasteiger partial charge in [0.1, 0.15) is 11.1 Å². The molecule has 1 aromatic heterocycles. The van der Waals surface area contributed by atoms with Crippen molar-refractivity contribution < 1.29 is 14.3 Å². The maximum Gasteiger partial charge on any atom is 0.239 e. The van der Waals surface area contributed by atoms with E-state index < -0.39 is 6.04 Å². The maximum atomic E-state index is 11.7. The molecule has 0 bridgehead atoms. The number of ether oxygens (including phenoxy) is 1. The van der Waals surface area contributed by atoms with Gasteiger partial charge >= 0.3 is 0 Å². The van der Waals surface area contributed by atoms with Crippen LogP contribution in [-0.4, -0.2) is 36.5 Å². The average Bonchev–Trinajstić information content (AvgIpc) is 2.97. The van der Waals surface area contributed by atoms with Crippen molar-refractivity contribution in [2.24, 2.45) is 11.7 Å². The van der Waals surface area contributed by atoms with Crippen LogP contribution in [0.2, 0.25) is 0 Å². The van der Waals surface area contributed by atoms with Crippen molar-refractivity contribution in [3.8, 4) is 0 Å². The number of aromatic nitrogens is 1. The summed E-state index contributed by atoms with van der Waals surface area (Å²) in [5.74, 6) is -0.576. The van der Waals surface area contributed by atoms with Gasteiger partial charge in [0.2, 0.25) is 11.8 Å². The summed E-state index contributed by atoms with van der Waals surface area (Å²) in [4.78, 5) is 27.7. The number of hydrogen-bond donors (Lipinski definition) is 3. The second kappa shape index (κ2) is 12.4. The van der Waals surface area contributed by atoms with Gasteiger partial charge in [-0.3, -0.25) is 9.59 Å². The molecule has 7 nitrogen and oxygen atoms in total. The molecule has 1 aromatic rings. The van der Waals surface area contributed by atoms with Crippen molar-refractivity contribution >= 4 is 48.0 Å². The Balaban J connectivity index is 0. The monoisotopic (exact) mass is 400 g/mol. The van der Waals surface area contributed by atoms with Gasteiger partial charge in [0.15, 0.2) is 0 Å². The number of thiazole rings is 1. The van der Waals surface area contributed by atoms with E-state index >= 15 is 0 Å². The number of rotatable bonds is 8. The molecule has 0 aliphatic rings. The first-order valence-corrected chi connectivity index (χ1v) is 8.00. The van der Waals surface area contributed by atoms with E-state index in [2.05, 4.69) is 15.6 Å². The van der Waals surface area contributed by atoms with E-state index in [4.69, 9.17) is 10.5 Å². The van der Waals surface area contributed by atoms with Gasteiger partial charge in [-0.15, -0.1) is 36.2 Å². The van der Waals surface area contributed by atoms with Crippen molar-refractivity contribution in [2.75, 3.05) is 13.7 Å². The minimum Gasteiger partial charge on any atom is -0.375 e. The molecule has 0 radical (unpaired) electrons. The van der Waals surface area contributed by atoms with Crippen molar-refractivity contribution in [3.05, 3.63) is 16.1 Å². The number of carbonyl (C=O) groups is 2. The third kappa shape index (κ3) is 8.25. The fraction of sp³-hybridized carbons (Fsp3) is 0.643. The van der Waals surface area contributed by atoms with E-state index in [1.54, 1.807) is 7.11 Å². The second-order valence-electron chi connectivity index (χ2n) is 5.32. The molecule has 1 heterocycles. The molecule has 2 atom stereocenters. The lowest BCUT2D eigenvalue weighted by Gasteiger charge is -2.15. The quantitative estimate of drug-likeness (QED) is 0.611. The SMILES string of the molecule is COC(C)c1nc(CNC(=O)CNC(=O)[C@@H](N)C(C)C)cs1.Cl.Cl. The third-order valence-electron chi connectivity index (χ3n) is 3.18. The number of hydrogen-bond acceptors (Lipinski definition) is 6. The van der Waals surface area contributed by atoms with Gasteiger partial charge in [0.05, 0.1) is 24.8 Å². The minimum atomic E-state index is -0.607. The molecule has 0 spiro atoms. The summed E-state index contributed by atoms with van der Waals surface area (Å²) in [5.41, 5.74) is 6.46. The number of nitrogens with one attached hydrogen (secondary N) is 2. The van der Waals surface area contributed by atoms with E-state index in [0.29, 0.717) is 6.54 Å². The summed E-state index contributed by atoms with van der Waals surface area (Å²) in [5, 5.41) is 7.96. The maximum absolute atomic E-state index is 11.7. The van der Waals surface area contributed by atoms with E-state index in [1.165, 1.54) is 11.3 Å². The summed E-state index contributed by atoms with van der Waals surface area (Å²) in [6, 6.07) is -0.607. The molecule has 0 saturated heterocycles. The molecule has 1 unspecified atom stereocenters. The number of nitrogens with two attached hydrogens (primary N) is 1. The zero-order valence-corrected chi connectivity index (χ0v) is 16.6. The van der Waals surface area contributed by atoms with Crippen LogP contribution in [0, 0.1) is 5.92 Å². The summed E-state index contributed by atoms with van der Waals surface area (Å²) in [6.45, 7) is 5.84. The van der Waals surface area contributed by atoms with E-state index in [-0.39, 0.29) is 55.2 Å². The Morgan fingerprint density at radius 2 is 1.92 bits per heavy atom. The Kier molecular flexibility index (Phi) is 13.1. The topological polar surface area (TPSA) is 106 Å². The number of nitrogens with zero attached hydrogens (tertiary/aromatic N) is 1. The molecular weight excluding hydrogens is 375 g/mol. The molecule has 0 saturated carbocycles. The van der Waals surface area contributed by atoms with Crippen LogP contribution < -0.4 is 16.4 Å². The first kappa shape index (κ1) is 25.3. The summed E-state index contributed by atoms with van der Waals surface area (Å²) < 4.78 is 5.18. The summed E-state index contributed by atoms with van der Waals surface area (Å²) in [7, 11) is 1.62. The highest BCUT2D eigenvalue weighted by Gasteiger charge is 2.17. The Hall–Kier alpha value is -0.930. The Morgan fingerprint density at radius 3 is 2.46 bits per heavy atom. The van der Waals surface area contributed by atoms with Gasteiger partial charge in [0, 0.05) is 12.5 Å². The predicted octanol–water partition coefficient (Wildman–Crippen LogP) is 1.41. The Labute approximate surface area is 158 Å². The summed E-state index contributed by atoms with van der Waals surface area (Å²) >= 11 is 1.49. The van der Waals surface area contributed by atoms with Crippen molar-refractivity contribution in [2.45, 2.75) is 39.5 Å². The Bertz CT molecular complexity index is 514. The third-order valence-corrected chi connectivity index (χ3v) is 4.24. The first-order chi connectivity index (χ1) is 10.3. The smallest absolute Gasteiger partial charge is 0.239 e. The number of halogens is 2. The number of carbonyl (C=O) groups excluding carboxylic acids is 2. The van der Waals surface area contributed by atoms with Crippen molar-refractivity contribution in [1.82, 2.24) is 15.6 Å². The first-order valence-electron chi connectivity index (χ1n) is 7.12. The number of amides is 2. The number of methoxy groups -OCH3 is 1. The van der Waals surface area contributed by atoms with Crippen LogP contribution in [0.4, 0.5) is 0 Å². The van der Waals surface area contributed by atoms with Crippen LogP contribution >= 0.6 is 36.2 Å². The largest absolute Gasteiger partial charge is 0.375 e. The molecule has 24 heavy (non-hydrogen) atoms.